The molecule has 8 nitrogen and oxygen atoms in total. The lowest BCUT2D eigenvalue weighted by Gasteiger charge is -2.29. The number of amides is 4. The number of nitrogens with one attached hydrogen (secondary N) is 2. The lowest BCUT2D eigenvalue weighted by atomic mass is 10.0. The first-order valence-corrected chi connectivity index (χ1v) is 7.40. The van der Waals surface area contributed by atoms with E-state index in [2.05, 4.69) is 10.6 Å². The summed E-state index contributed by atoms with van der Waals surface area (Å²) in [5.74, 6) is -1.52. The summed E-state index contributed by atoms with van der Waals surface area (Å²) in [5, 5.41) is 14.0. The van der Waals surface area contributed by atoms with E-state index in [9.17, 15) is 24.4 Å². The van der Waals surface area contributed by atoms with Crippen molar-refractivity contribution in [2.24, 2.45) is 0 Å². The fraction of sp³-hybridized carbons (Fsp3) is 0.312. The number of hydrogen-bond acceptors (Lipinski definition) is 5. The zero-order valence-electron chi connectivity index (χ0n) is 12.9. The summed E-state index contributed by atoms with van der Waals surface area (Å²) in [6, 6.07) is 4.25. The lowest BCUT2D eigenvalue weighted by molar-refractivity contribution is -0.137. The maximum atomic E-state index is 12.6. The van der Waals surface area contributed by atoms with Gasteiger partial charge >= 0.3 is 0 Å². The largest absolute Gasteiger partial charge is 0.325 e. The Labute approximate surface area is 137 Å². The van der Waals surface area contributed by atoms with Crippen LogP contribution in [0, 0.1) is 11.3 Å². The number of nitrogens with zero attached hydrogens (tertiary/aromatic N) is 2. The number of nitriles is 1. The van der Waals surface area contributed by atoms with Crippen LogP contribution in [0.5, 0.6) is 0 Å². The molecule has 1 unspecified atom stereocenters. The first-order valence-electron chi connectivity index (χ1n) is 7.40. The van der Waals surface area contributed by atoms with Gasteiger partial charge in [0, 0.05) is 25.5 Å². The number of hydrogen-bond donors (Lipinski definition) is 2. The Morgan fingerprint density at radius 3 is 2.75 bits per heavy atom. The van der Waals surface area contributed by atoms with Gasteiger partial charge < -0.3 is 10.2 Å². The van der Waals surface area contributed by atoms with Crippen molar-refractivity contribution >= 4 is 29.3 Å². The van der Waals surface area contributed by atoms with Crippen LogP contribution in [-0.2, 0) is 20.9 Å². The predicted molar refractivity (Wildman–Crippen MR) is 81.5 cm³/mol. The van der Waals surface area contributed by atoms with Gasteiger partial charge in [0.25, 0.3) is 5.91 Å². The molecule has 3 rings (SSSR count). The van der Waals surface area contributed by atoms with Crippen molar-refractivity contribution in [3.8, 4) is 6.07 Å². The quantitative estimate of drug-likeness (QED) is 0.756. The molecule has 2 heterocycles. The summed E-state index contributed by atoms with van der Waals surface area (Å²) >= 11 is 0. The van der Waals surface area contributed by atoms with Gasteiger partial charge in [-0.15, -0.1) is 0 Å². The number of carbonyl (C=O) groups excluding carboxylic acids is 4. The van der Waals surface area contributed by atoms with Crippen molar-refractivity contribution in [1.82, 2.24) is 10.2 Å². The third-order valence-corrected chi connectivity index (χ3v) is 4.09. The topological polar surface area (TPSA) is 119 Å². The number of carbonyl (C=O) groups is 4. The molecule has 1 aromatic carbocycles. The number of imide groups is 1. The van der Waals surface area contributed by atoms with E-state index in [0.717, 1.165) is 0 Å². The summed E-state index contributed by atoms with van der Waals surface area (Å²) in [4.78, 5) is 48.5. The van der Waals surface area contributed by atoms with Crippen LogP contribution in [0.3, 0.4) is 0 Å². The molecule has 0 saturated carbocycles. The van der Waals surface area contributed by atoms with Crippen LogP contribution in [-0.4, -0.2) is 34.6 Å². The zero-order valence-corrected chi connectivity index (χ0v) is 12.9. The van der Waals surface area contributed by atoms with Crippen LogP contribution < -0.4 is 10.6 Å². The average molecular weight is 326 g/mol. The summed E-state index contributed by atoms with van der Waals surface area (Å²) < 4.78 is 0. The van der Waals surface area contributed by atoms with Crippen molar-refractivity contribution in [3.05, 3.63) is 28.8 Å². The van der Waals surface area contributed by atoms with E-state index in [1.165, 1.54) is 17.9 Å². The normalized spacial score (nSPS) is 19.6. The third-order valence-electron chi connectivity index (χ3n) is 4.09. The van der Waals surface area contributed by atoms with Gasteiger partial charge in [0.2, 0.25) is 17.7 Å². The SMILES string of the molecule is CC(=O)Nc1cc2c(cc1C#N)C(=O)N(C1CCC(=O)NC1=O)C2. The van der Waals surface area contributed by atoms with E-state index < -0.39 is 11.9 Å². The summed E-state index contributed by atoms with van der Waals surface area (Å²) in [5.41, 5.74) is 1.49. The molecule has 0 spiro atoms. The number of benzene rings is 1. The minimum absolute atomic E-state index is 0.178. The van der Waals surface area contributed by atoms with E-state index >= 15 is 0 Å². The molecule has 122 valence electrons. The van der Waals surface area contributed by atoms with Crippen molar-refractivity contribution in [2.75, 3.05) is 5.32 Å². The Kier molecular flexibility index (Phi) is 3.77. The molecule has 8 heteroatoms. The average Bonchev–Trinajstić information content (AvgIpc) is 2.82. The van der Waals surface area contributed by atoms with E-state index in [4.69, 9.17) is 0 Å². The monoisotopic (exact) mass is 326 g/mol. The molecule has 1 aromatic rings. The van der Waals surface area contributed by atoms with Gasteiger partial charge in [-0.25, -0.2) is 0 Å². The standard InChI is InChI=1S/C16H14N4O4/c1-8(21)18-12-5-10-7-20(13-2-3-14(22)19-15(13)23)16(24)11(10)4-9(12)6-17/h4-5,13H,2-3,7H2,1H3,(H,18,21)(H,19,22,23). The van der Waals surface area contributed by atoms with Gasteiger partial charge in [0.1, 0.15) is 12.1 Å². The summed E-state index contributed by atoms with van der Waals surface area (Å²) in [7, 11) is 0. The van der Waals surface area contributed by atoms with Gasteiger partial charge in [0.05, 0.1) is 11.3 Å². The van der Waals surface area contributed by atoms with Crippen LogP contribution in [0.2, 0.25) is 0 Å². The predicted octanol–water partition coefficient (Wildman–Crippen LogP) is 0.278. The minimum atomic E-state index is -0.711. The Hall–Kier alpha value is -3.21. The molecular formula is C16H14N4O4. The highest BCUT2D eigenvalue weighted by molar-refractivity contribution is 6.06. The van der Waals surface area contributed by atoms with Crippen molar-refractivity contribution < 1.29 is 19.2 Å². The molecule has 1 fully saturated rings. The van der Waals surface area contributed by atoms with Crippen LogP contribution >= 0.6 is 0 Å². The second-order valence-electron chi connectivity index (χ2n) is 5.75. The van der Waals surface area contributed by atoms with Gasteiger partial charge in [-0.3, -0.25) is 24.5 Å². The number of piperidine rings is 1. The lowest BCUT2D eigenvalue weighted by Crippen LogP contribution is -2.52. The number of anilines is 1. The molecule has 4 amide bonds. The highest BCUT2D eigenvalue weighted by atomic mass is 16.2. The first kappa shape index (κ1) is 15.7. The van der Waals surface area contributed by atoms with Gasteiger partial charge in [-0.2, -0.15) is 5.26 Å². The molecule has 0 bridgehead atoms. The first-order chi connectivity index (χ1) is 11.4. The van der Waals surface area contributed by atoms with Crippen LogP contribution in [0.25, 0.3) is 0 Å². The van der Waals surface area contributed by atoms with E-state index in [0.29, 0.717) is 16.8 Å². The Morgan fingerprint density at radius 2 is 2.12 bits per heavy atom. The smallest absolute Gasteiger partial charge is 0.255 e. The third kappa shape index (κ3) is 2.60. The molecular weight excluding hydrogens is 312 g/mol. The summed E-state index contributed by atoms with van der Waals surface area (Å²) in [6.45, 7) is 1.52. The van der Waals surface area contributed by atoms with Crippen molar-refractivity contribution in [3.63, 3.8) is 0 Å². The van der Waals surface area contributed by atoms with Gasteiger partial charge in [-0.05, 0) is 24.1 Å². The van der Waals surface area contributed by atoms with E-state index in [-0.39, 0.29) is 42.7 Å². The summed E-state index contributed by atoms with van der Waals surface area (Å²) in [6.07, 6.45) is 0.450. The van der Waals surface area contributed by atoms with Gasteiger partial charge in [-0.1, -0.05) is 0 Å². The second-order valence-corrected chi connectivity index (χ2v) is 5.75. The van der Waals surface area contributed by atoms with Crippen LogP contribution in [0.15, 0.2) is 12.1 Å². The fourth-order valence-corrected chi connectivity index (χ4v) is 3.00. The molecule has 2 aliphatic heterocycles. The molecule has 1 saturated heterocycles. The van der Waals surface area contributed by atoms with E-state index in [1.807, 2.05) is 6.07 Å². The molecule has 2 N–H and O–H groups in total. The van der Waals surface area contributed by atoms with E-state index in [1.54, 1.807) is 6.07 Å². The maximum absolute atomic E-state index is 12.6. The molecule has 2 aliphatic rings. The molecule has 0 aliphatic carbocycles. The van der Waals surface area contributed by atoms with Crippen molar-refractivity contribution in [1.29, 1.82) is 5.26 Å². The maximum Gasteiger partial charge on any atom is 0.255 e. The van der Waals surface area contributed by atoms with Crippen LogP contribution in [0.1, 0.15) is 41.3 Å². The fourth-order valence-electron chi connectivity index (χ4n) is 3.00. The molecule has 24 heavy (non-hydrogen) atoms. The number of rotatable bonds is 2. The zero-order chi connectivity index (χ0) is 17.4. The Morgan fingerprint density at radius 1 is 1.38 bits per heavy atom. The van der Waals surface area contributed by atoms with Crippen molar-refractivity contribution in [2.45, 2.75) is 32.4 Å². The highest BCUT2D eigenvalue weighted by Gasteiger charge is 2.39. The second kappa shape index (κ2) is 5.77. The van der Waals surface area contributed by atoms with Crippen LogP contribution in [0.4, 0.5) is 5.69 Å². The minimum Gasteiger partial charge on any atom is -0.325 e. The Bertz CT molecular complexity index is 824. The Balaban J connectivity index is 1.93. The number of fused-ring (bicyclic) bond motifs is 1. The molecule has 0 aromatic heterocycles. The highest BCUT2D eigenvalue weighted by Crippen LogP contribution is 2.31. The van der Waals surface area contributed by atoms with Gasteiger partial charge in [0.15, 0.2) is 0 Å². The molecule has 1 atom stereocenters. The molecule has 0 radical (unpaired) electrons.